The number of rotatable bonds is 8. The second-order valence-corrected chi connectivity index (χ2v) is 4.65. The minimum absolute atomic E-state index is 0.232. The summed E-state index contributed by atoms with van der Waals surface area (Å²) < 4.78 is 21.1. The van der Waals surface area contributed by atoms with Gasteiger partial charge in [0.1, 0.15) is 0 Å². The number of aliphatic carboxylic acids is 1. The molecule has 0 aliphatic rings. The molecule has 6 heteroatoms. The van der Waals surface area contributed by atoms with Gasteiger partial charge in [-0.15, -0.1) is 0 Å². The maximum Gasteiger partial charge on any atom is 0.309 e. The van der Waals surface area contributed by atoms with E-state index in [1.54, 1.807) is 6.92 Å². The Balaban J connectivity index is 4.13. The highest BCUT2D eigenvalue weighted by molar-refractivity contribution is 7.77. The molecule has 0 saturated carbocycles. The zero-order valence-corrected chi connectivity index (χ0v) is 9.97. The third-order valence-corrected chi connectivity index (χ3v) is 2.95. The first kappa shape index (κ1) is 14.5. The SMILES string of the molecule is CCCCC(C)(CCNS(=O)O)C(=O)O. The first-order valence-electron chi connectivity index (χ1n) is 5.00. The number of nitrogens with one attached hydrogen (secondary N) is 1. The fraction of sp³-hybridized carbons (Fsp3) is 0.889. The number of carboxylic acid groups (broad SMARTS) is 1. The maximum absolute atomic E-state index is 11.0. The van der Waals surface area contributed by atoms with E-state index < -0.39 is 22.7 Å². The molecule has 0 aromatic heterocycles. The lowest BCUT2D eigenvalue weighted by Gasteiger charge is -2.24. The van der Waals surface area contributed by atoms with E-state index in [0.717, 1.165) is 12.8 Å². The summed E-state index contributed by atoms with van der Waals surface area (Å²) in [5, 5.41) is 9.06. The summed E-state index contributed by atoms with van der Waals surface area (Å²) in [6, 6.07) is 0. The van der Waals surface area contributed by atoms with Crippen molar-refractivity contribution in [3.8, 4) is 0 Å². The van der Waals surface area contributed by atoms with Crippen LogP contribution in [0.2, 0.25) is 0 Å². The molecular formula is C9H19NO4S. The number of hydrogen-bond donors (Lipinski definition) is 3. The topological polar surface area (TPSA) is 86.6 Å². The van der Waals surface area contributed by atoms with Gasteiger partial charge in [0.2, 0.25) is 11.3 Å². The molecule has 0 radical (unpaired) electrons. The normalized spacial score (nSPS) is 17.0. The molecule has 0 aliphatic heterocycles. The standard InChI is InChI=1S/C9H19NO4S/c1-3-4-5-9(2,8(11)12)6-7-10-15(13)14/h10H,3-7H2,1-2H3,(H,11,12)(H,13,14). The highest BCUT2D eigenvalue weighted by Crippen LogP contribution is 2.28. The first-order valence-corrected chi connectivity index (χ1v) is 6.11. The molecule has 0 amide bonds. The Morgan fingerprint density at radius 1 is 1.47 bits per heavy atom. The van der Waals surface area contributed by atoms with Crippen LogP contribution in [0.15, 0.2) is 0 Å². The zero-order valence-electron chi connectivity index (χ0n) is 9.15. The van der Waals surface area contributed by atoms with Crippen molar-refractivity contribution in [3.63, 3.8) is 0 Å². The second-order valence-electron chi connectivity index (χ2n) is 3.86. The van der Waals surface area contributed by atoms with E-state index in [1.807, 2.05) is 6.92 Å². The van der Waals surface area contributed by atoms with Crippen LogP contribution in [-0.4, -0.2) is 26.4 Å². The van der Waals surface area contributed by atoms with Crippen LogP contribution in [0.4, 0.5) is 0 Å². The fourth-order valence-electron chi connectivity index (χ4n) is 1.32. The lowest BCUT2D eigenvalue weighted by molar-refractivity contribution is -0.148. The Kier molecular flexibility index (Phi) is 6.71. The molecule has 0 bridgehead atoms. The molecule has 0 heterocycles. The number of carboxylic acids is 1. The van der Waals surface area contributed by atoms with Crippen LogP contribution >= 0.6 is 0 Å². The molecular weight excluding hydrogens is 218 g/mol. The van der Waals surface area contributed by atoms with Gasteiger partial charge in [-0.2, -0.15) is 0 Å². The van der Waals surface area contributed by atoms with E-state index in [-0.39, 0.29) is 6.54 Å². The predicted molar refractivity (Wildman–Crippen MR) is 58.7 cm³/mol. The monoisotopic (exact) mass is 237 g/mol. The van der Waals surface area contributed by atoms with Gasteiger partial charge in [0.25, 0.3) is 0 Å². The molecule has 3 N–H and O–H groups in total. The van der Waals surface area contributed by atoms with Gasteiger partial charge in [0.15, 0.2) is 0 Å². The Morgan fingerprint density at radius 2 is 2.07 bits per heavy atom. The first-order chi connectivity index (χ1) is 6.92. The lowest BCUT2D eigenvalue weighted by Crippen LogP contribution is -2.32. The van der Waals surface area contributed by atoms with Crippen LogP contribution in [0.1, 0.15) is 39.5 Å². The highest BCUT2D eigenvalue weighted by atomic mass is 32.2. The molecule has 15 heavy (non-hydrogen) atoms. The Hall–Kier alpha value is -0.460. The number of unbranched alkanes of at least 4 members (excludes halogenated alkanes) is 1. The van der Waals surface area contributed by atoms with Gasteiger partial charge in [-0.3, -0.25) is 9.35 Å². The summed E-state index contributed by atoms with van der Waals surface area (Å²) in [5.74, 6) is -0.846. The zero-order chi connectivity index (χ0) is 11.9. The minimum atomic E-state index is -2.06. The van der Waals surface area contributed by atoms with Crippen molar-refractivity contribution in [1.29, 1.82) is 0 Å². The molecule has 0 saturated heterocycles. The van der Waals surface area contributed by atoms with Gasteiger partial charge in [0.05, 0.1) is 5.41 Å². The van der Waals surface area contributed by atoms with Crippen molar-refractivity contribution in [3.05, 3.63) is 0 Å². The predicted octanol–water partition coefficient (Wildman–Crippen LogP) is 1.38. The molecule has 0 fully saturated rings. The van der Waals surface area contributed by atoms with E-state index in [2.05, 4.69) is 4.72 Å². The third-order valence-electron chi connectivity index (χ3n) is 2.50. The summed E-state index contributed by atoms with van der Waals surface area (Å²) in [6.45, 7) is 3.91. The van der Waals surface area contributed by atoms with Crippen LogP contribution in [0.5, 0.6) is 0 Å². The third kappa shape index (κ3) is 5.86. The van der Waals surface area contributed by atoms with Crippen LogP contribution in [0.3, 0.4) is 0 Å². The largest absolute Gasteiger partial charge is 0.481 e. The van der Waals surface area contributed by atoms with Crippen LogP contribution < -0.4 is 4.72 Å². The van der Waals surface area contributed by atoms with E-state index in [1.165, 1.54) is 0 Å². The summed E-state index contributed by atoms with van der Waals surface area (Å²) in [5.41, 5.74) is -0.803. The fourth-order valence-corrected chi connectivity index (χ4v) is 1.60. The van der Waals surface area contributed by atoms with Gasteiger partial charge >= 0.3 is 5.97 Å². The van der Waals surface area contributed by atoms with Gasteiger partial charge in [-0.25, -0.2) is 8.93 Å². The number of carbonyl (C=O) groups is 1. The molecule has 0 aromatic carbocycles. The van der Waals surface area contributed by atoms with Crippen molar-refractivity contribution in [2.45, 2.75) is 39.5 Å². The van der Waals surface area contributed by atoms with Crippen molar-refractivity contribution < 1.29 is 18.7 Å². The molecule has 0 aliphatic carbocycles. The Morgan fingerprint density at radius 3 is 2.47 bits per heavy atom. The van der Waals surface area contributed by atoms with Crippen molar-refractivity contribution in [2.75, 3.05) is 6.54 Å². The highest BCUT2D eigenvalue weighted by Gasteiger charge is 2.31. The molecule has 5 nitrogen and oxygen atoms in total. The second kappa shape index (κ2) is 6.92. The lowest BCUT2D eigenvalue weighted by atomic mass is 9.82. The van der Waals surface area contributed by atoms with Gasteiger partial charge in [-0.05, 0) is 19.8 Å². The van der Waals surface area contributed by atoms with E-state index >= 15 is 0 Å². The quantitative estimate of drug-likeness (QED) is 0.557. The average Bonchev–Trinajstić information content (AvgIpc) is 2.14. The molecule has 0 rings (SSSR count). The summed E-state index contributed by atoms with van der Waals surface area (Å²) in [4.78, 5) is 11.0. The summed E-state index contributed by atoms with van der Waals surface area (Å²) in [6.07, 6.45) is 2.75. The molecule has 2 atom stereocenters. The molecule has 0 aromatic rings. The van der Waals surface area contributed by atoms with Crippen molar-refractivity contribution in [2.24, 2.45) is 5.41 Å². The van der Waals surface area contributed by atoms with Crippen molar-refractivity contribution >= 4 is 17.2 Å². The minimum Gasteiger partial charge on any atom is -0.481 e. The van der Waals surface area contributed by atoms with Gasteiger partial charge < -0.3 is 5.11 Å². The van der Waals surface area contributed by atoms with Gasteiger partial charge in [-0.1, -0.05) is 19.8 Å². The molecule has 90 valence electrons. The van der Waals surface area contributed by atoms with Crippen LogP contribution in [-0.2, 0) is 16.1 Å². The number of hydrogen-bond acceptors (Lipinski definition) is 2. The van der Waals surface area contributed by atoms with E-state index in [9.17, 15) is 9.00 Å². The summed E-state index contributed by atoms with van der Waals surface area (Å²) in [7, 11) is 0. The van der Waals surface area contributed by atoms with E-state index in [4.69, 9.17) is 9.66 Å². The van der Waals surface area contributed by atoms with E-state index in [0.29, 0.717) is 12.8 Å². The average molecular weight is 237 g/mol. The van der Waals surface area contributed by atoms with Crippen LogP contribution in [0, 0.1) is 5.41 Å². The van der Waals surface area contributed by atoms with Crippen molar-refractivity contribution in [1.82, 2.24) is 4.72 Å². The molecule has 2 unspecified atom stereocenters. The smallest absolute Gasteiger partial charge is 0.309 e. The molecule has 0 spiro atoms. The Bertz CT molecular complexity index is 234. The maximum atomic E-state index is 11.0. The summed E-state index contributed by atoms with van der Waals surface area (Å²) >= 11 is -2.06. The van der Waals surface area contributed by atoms with Gasteiger partial charge in [0, 0.05) is 6.54 Å². The van der Waals surface area contributed by atoms with Crippen LogP contribution in [0.25, 0.3) is 0 Å². The Labute approximate surface area is 92.7 Å².